The van der Waals surface area contributed by atoms with Crippen LogP contribution in [0.15, 0.2) is 158 Å². The molecule has 6 heteroatoms. The van der Waals surface area contributed by atoms with Crippen molar-refractivity contribution in [2.24, 2.45) is 0 Å². The lowest BCUT2D eigenvalue weighted by molar-refractivity contribution is 0.332. The minimum absolute atomic E-state index is 0.00582. The van der Waals surface area contributed by atoms with Crippen LogP contribution in [0.4, 0.5) is 51.2 Å². The number of para-hydroxylation sites is 2. The van der Waals surface area contributed by atoms with Gasteiger partial charge in [0, 0.05) is 64.5 Å². The van der Waals surface area contributed by atoms with Crippen LogP contribution in [-0.2, 0) is 32.5 Å². The summed E-state index contributed by atoms with van der Waals surface area (Å²) in [6.45, 7) is 29.9. The molecule has 0 amide bonds. The fourth-order valence-corrected chi connectivity index (χ4v) is 18.0. The molecule has 0 spiro atoms. The Labute approximate surface area is 483 Å². The molecule has 0 fully saturated rings. The molecular weight excluding hydrogens is 1010 g/mol. The SMILES string of the molecule is CC1(C)CCC(C)(C)c2cc(N3c4cc5c(cc4B4c6sc7cc8c(cc7c6N(c6cccc7c6sc6ccccc67)c6cc(N(c7ccccc7)c7ccccc7)cc3c64)C(C)(C)CCC8(C)C)C(C)(C)CCC5(C)C)ccc21. The van der Waals surface area contributed by atoms with E-state index in [1.807, 2.05) is 11.3 Å². The maximum atomic E-state index is 2.78. The van der Waals surface area contributed by atoms with Crippen LogP contribution in [0.1, 0.15) is 155 Å². The summed E-state index contributed by atoms with van der Waals surface area (Å²) in [5, 5.41) is 4.01. The molecule has 0 radical (unpaired) electrons. The van der Waals surface area contributed by atoms with E-state index in [-0.39, 0.29) is 39.2 Å². The molecule has 400 valence electrons. The van der Waals surface area contributed by atoms with Crippen LogP contribution < -0.4 is 30.4 Å². The van der Waals surface area contributed by atoms with E-state index in [1.54, 1.807) is 0 Å². The fraction of sp³-hybridized carbons (Fsp3) is 0.324. The Kier molecular flexibility index (Phi) is 10.7. The zero-order valence-corrected chi connectivity index (χ0v) is 50.6. The van der Waals surface area contributed by atoms with Gasteiger partial charge in [-0.1, -0.05) is 162 Å². The minimum Gasteiger partial charge on any atom is -0.311 e. The van der Waals surface area contributed by atoms with E-state index < -0.39 is 0 Å². The van der Waals surface area contributed by atoms with E-state index in [0.29, 0.717) is 0 Å². The molecular formula is C74H74BN3S2. The minimum atomic E-state index is -0.0235. The summed E-state index contributed by atoms with van der Waals surface area (Å²) in [7, 11) is 0. The first-order chi connectivity index (χ1) is 38.1. The Balaban J connectivity index is 1.13. The molecule has 5 aliphatic rings. The summed E-state index contributed by atoms with van der Waals surface area (Å²) >= 11 is 4.02. The zero-order chi connectivity index (χ0) is 55.2. The van der Waals surface area contributed by atoms with Gasteiger partial charge >= 0.3 is 0 Å². The van der Waals surface area contributed by atoms with Gasteiger partial charge in [0.2, 0.25) is 0 Å². The molecule has 15 rings (SSSR count). The predicted molar refractivity (Wildman–Crippen MR) is 349 cm³/mol. The lowest BCUT2D eigenvalue weighted by Crippen LogP contribution is -2.61. The van der Waals surface area contributed by atoms with Crippen molar-refractivity contribution in [1.82, 2.24) is 0 Å². The molecule has 3 aliphatic carbocycles. The first kappa shape index (κ1) is 50.4. The van der Waals surface area contributed by atoms with Crippen LogP contribution in [0.3, 0.4) is 0 Å². The van der Waals surface area contributed by atoms with Crippen LogP contribution in [0.5, 0.6) is 0 Å². The molecule has 0 unspecified atom stereocenters. The van der Waals surface area contributed by atoms with Crippen LogP contribution in [0.2, 0.25) is 0 Å². The predicted octanol–water partition coefficient (Wildman–Crippen LogP) is 19.9. The maximum Gasteiger partial charge on any atom is 0.264 e. The van der Waals surface area contributed by atoms with Crippen LogP contribution in [0, 0.1) is 0 Å². The Morgan fingerprint density at radius 3 is 1.51 bits per heavy atom. The normalized spacial score (nSPS) is 19.2. The van der Waals surface area contributed by atoms with Crippen molar-refractivity contribution < 1.29 is 0 Å². The van der Waals surface area contributed by atoms with E-state index in [2.05, 4.69) is 267 Å². The second-order valence-electron chi connectivity index (χ2n) is 28.5. The number of benzene rings is 8. The molecule has 0 N–H and O–H groups in total. The van der Waals surface area contributed by atoms with Crippen molar-refractivity contribution in [3.63, 3.8) is 0 Å². The highest BCUT2D eigenvalue weighted by atomic mass is 32.1. The van der Waals surface area contributed by atoms with Crippen molar-refractivity contribution in [2.75, 3.05) is 14.7 Å². The van der Waals surface area contributed by atoms with Gasteiger partial charge in [0.25, 0.3) is 6.71 Å². The molecule has 0 bridgehead atoms. The number of hydrogen-bond donors (Lipinski definition) is 0. The van der Waals surface area contributed by atoms with Gasteiger partial charge in [-0.3, -0.25) is 0 Å². The standard InChI is InChI=1S/C74H74BN3S2/c1-69(2)32-33-70(3,4)53-38-47(30-31-52(53)69)77-60-43-56-55(72(7,8)35-36-73(56,9)10)42-58(60)75-65-61(77)39-48(76(45-22-15-13-16-23-45)46-24-17-14-18-25-46)40-62(65)78(59-28-21-27-50-49-26-19-20-29-63(49)79-67(50)59)66-51-41-54-57(44-64(51)80-68(66)75)74(11,12)37-34-71(54,5)6/h13-31,38-44H,32-37H2,1-12H3. The van der Waals surface area contributed by atoms with Gasteiger partial charge in [-0.05, 0) is 194 Å². The molecule has 10 aromatic rings. The van der Waals surface area contributed by atoms with E-state index in [0.717, 1.165) is 36.3 Å². The summed E-state index contributed by atoms with van der Waals surface area (Å²) in [6, 6.07) is 61.9. The highest BCUT2D eigenvalue weighted by Gasteiger charge is 2.50. The summed E-state index contributed by atoms with van der Waals surface area (Å²) in [6.07, 6.45) is 7.00. The molecule has 2 aliphatic heterocycles. The summed E-state index contributed by atoms with van der Waals surface area (Å²) in [5.41, 5.74) is 23.1. The zero-order valence-electron chi connectivity index (χ0n) is 49.0. The molecule has 80 heavy (non-hydrogen) atoms. The first-order valence-corrected chi connectivity index (χ1v) is 31.3. The number of thiophene rings is 2. The molecule has 0 saturated carbocycles. The molecule has 4 heterocycles. The van der Waals surface area contributed by atoms with Gasteiger partial charge in [0.15, 0.2) is 0 Å². The van der Waals surface area contributed by atoms with Crippen molar-refractivity contribution in [2.45, 2.75) is 154 Å². The van der Waals surface area contributed by atoms with E-state index in [9.17, 15) is 0 Å². The summed E-state index contributed by atoms with van der Waals surface area (Å²) in [4.78, 5) is 8.04. The second kappa shape index (κ2) is 17.0. The lowest BCUT2D eigenvalue weighted by atomic mass is 9.35. The maximum absolute atomic E-state index is 2.78. The Morgan fingerprint density at radius 1 is 0.375 bits per heavy atom. The van der Waals surface area contributed by atoms with Gasteiger partial charge in [-0.15, -0.1) is 22.7 Å². The van der Waals surface area contributed by atoms with Crippen molar-refractivity contribution in [1.29, 1.82) is 0 Å². The fourth-order valence-electron chi connectivity index (χ4n) is 15.5. The second-order valence-corrected chi connectivity index (χ2v) is 30.6. The van der Waals surface area contributed by atoms with E-state index >= 15 is 0 Å². The van der Waals surface area contributed by atoms with Gasteiger partial charge in [-0.25, -0.2) is 0 Å². The summed E-state index contributed by atoms with van der Waals surface area (Å²) < 4.78 is 5.48. The van der Waals surface area contributed by atoms with Crippen molar-refractivity contribution in [3.8, 4) is 0 Å². The van der Waals surface area contributed by atoms with Crippen molar-refractivity contribution in [3.05, 3.63) is 191 Å². The third-order valence-electron chi connectivity index (χ3n) is 20.6. The number of anilines is 9. The summed E-state index contributed by atoms with van der Waals surface area (Å²) in [5.74, 6) is 0. The number of nitrogens with zero attached hydrogens (tertiary/aromatic N) is 3. The number of hydrogen-bond acceptors (Lipinski definition) is 5. The van der Waals surface area contributed by atoms with Gasteiger partial charge in [0.05, 0.1) is 21.8 Å². The smallest absolute Gasteiger partial charge is 0.264 e. The third-order valence-corrected chi connectivity index (χ3v) is 23.0. The molecule has 0 atom stereocenters. The number of fused-ring (bicyclic) bond motifs is 12. The molecule has 2 aromatic heterocycles. The highest BCUT2D eigenvalue weighted by molar-refractivity contribution is 7.34. The van der Waals surface area contributed by atoms with Crippen LogP contribution in [-0.4, -0.2) is 6.71 Å². The average Bonchev–Trinajstić information content (AvgIpc) is 3.83. The largest absolute Gasteiger partial charge is 0.311 e. The lowest BCUT2D eigenvalue weighted by Gasteiger charge is -2.48. The van der Waals surface area contributed by atoms with Crippen LogP contribution >= 0.6 is 22.7 Å². The van der Waals surface area contributed by atoms with Gasteiger partial charge in [0.1, 0.15) is 0 Å². The van der Waals surface area contributed by atoms with Crippen LogP contribution in [0.25, 0.3) is 30.3 Å². The number of rotatable bonds is 5. The monoisotopic (exact) mass is 1080 g/mol. The molecule has 0 saturated heterocycles. The Bertz CT molecular complexity index is 4190. The van der Waals surface area contributed by atoms with Gasteiger partial charge < -0.3 is 14.7 Å². The first-order valence-electron chi connectivity index (χ1n) is 29.7. The Hall–Kier alpha value is -6.60. The Morgan fingerprint density at radius 2 is 0.887 bits per heavy atom. The van der Waals surface area contributed by atoms with Gasteiger partial charge in [-0.2, -0.15) is 0 Å². The molecule has 3 nitrogen and oxygen atoms in total. The average molecular weight is 1080 g/mol. The molecule has 8 aromatic carbocycles. The van der Waals surface area contributed by atoms with E-state index in [1.165, 1.54) is 133 Å². The third kappa shape index (κ3) is 7.29. The van der Waals surface area contributed by atoms with E-state index in [4.69, 9.17) is 0 Å². The highest BCUT2D eigenvalue weighted by Crippen LogP contribution is 2.57. The topological polar surface area (TPSA) is 9.72 Å². The quantitative estimate of drug-likeness (QED) is 0.159. The van der Waals surface area contributed by atoms with Crippen molar-refractivity contribution >= 4 is 127 Å².